The summed E-state index contributed by atoms with van der Waals surface area (Å²) < 4.78 is 0. The lowest BCUT2D eigenvalue weighted by atomic mass is 9.82. The molecule has 2 nitrogen and oxygen atoms in total. The lowest BCUT2D eigenvalue weighted by Crippen LogP contribution is -1.98. The maximum atomic E-state index is 5.07. The predicted octanol–water partition coefficient (Wildman–Crippen LogP) is 21.1. The van der Waals surface area contributed by atoms with Crippen LogP contribution in [-0.4, -0.2) is 9.97 Å². The fraction of sp³-hybridized carbons (Fsp3) is 0.0811. The molecule has 0 bridgehead atoms. The molecule has 370 valence electrons. The van der Waals surface area contributed by atoms with Crippen molar-refractivity contribution in [1.82, 2.24) is 9.97 Å². The number of fused-ring (bicyclic) bond motifs is 8. The predicted molar refractivity (Wildman–Crippen MR) is 334 cm³/mol. The Balaban J connectivity index is 0.000000296. The molecule has 12 rings (SSSR count). The SMILES string of the molecule is C=C.C=C/C=C\C(=C(C)C)/C(=C\C=C)c1ccc(-c2c(C)c(C)c(-c3ccc4c5c(cccc35)-c3ccccc3-4)c3ccc(-c4cnc5ccccc5n4)cc23)cc1.C=CC.Cc1cc2ccccc2c2ccccc12. The Hall–Kier alpha value is -9.24. The van der Waals surface area contributed by atoms with Gasteiger partial charge in [0.05, 0.1) is 22.9 Å². The van der Waals surface area contributed by atoms with Crippen LogP contribution in [0.2, 0.25) is 0 Å². The summed E-state index contributed by atoms with van der Waals surface area (Å²) in [5.74, 6) is 0. The highest BCUT2D eigenvalue weighted by atomic mass is 14.8. The third kappa shape index (κ3) is 9.70. The summed E-state index contributed by atoms with van der Waals surface area (Å²) in [5.41, 5.74) is 22.4. The molecule has 10 aromatic carbocycles. The standard InChI is InChI=1S/C54H42N2.C15H12.C3H6.C2H4/c1-7-9-16-39(33(3)4)40(15-8-2)36-23-25-37(26-24-36)52-34(5)35(6)53(46-30-29-45-42-18-11-10-17-41(42)43-19-14-20-44(46)54(43)45)47-28-27-38(31-48(47)52)51-32-55-49-21-12-13-22-50(49)56-51;1-11-10-12-6-2-3-8-14(12)15-9-5-4-7-13(11)15;1-3-2;1-2/h7-32H,1-2H2,3-6H3;2-10H,1H3;3H,1H2,2H3;1-2H2/b16-9-,40-15-;;;. The molecular formula is C74H64N2. The Labute approximate surface area is 449 Å². The first-order valence-electron chi connectivity index (χ1n) is 25.9. The van der Waals surface area contributed by atoms with Crippen molar-refractivity contribution >= 4 is 59.7 Å². The van der Waals surface area contributed by atoms with E-state index >= 15 is 0 Å². The van der Waals surface area contributed by atoms with E-state index in [1.165, 1.54) is 110 Å². The quantitative estimate of drug-likeness (QED) is 0.0861. The Kier molecular flexibility index (Phi) is 15.6. The third-order valence-electron chi connectivity index (χ3n) is 14.4. The Morgan fingerprint density at radius 2 is 1.07 bits per heavy atom. The zero-order chi connectivity index (χ0) is 53.5. The molecule has 0 saturated carbocycles. The van der Waals surface area contributed by atoms with Crippen molar-refractivity contribution in [1.29, 1.82) is 0 Å². The number of hydrogen-bond donors (Lipinski definition) is 0. The first-order chi connectivity index (χ1) is 37.1. The van der Waals surface area contributed by atoms with Crippen LogP contribution in [0, 0.1) is 20.8 Å². The van der Waals surface area contributed by atoms with Gasteiger partial charge in [0.15, 0.2) is 0 Å². The summed E-state index contributed by atoms with van der Waals surface area (Å²) in [5, 5.41) is 10.4. The second-order valence-corrected chi connectivity index (χ2v) is 19.2. The minimum absolute atomic E-state index is 0.857. The molecule has 0 unspecified atom stereocenters. The normalized spacial score (nSPS) is 11.3. The van der Waals surface area contributed by atoms with Crippen molar-refractivity contribution in [3.63, 3.8) is 0 Å². The van der Waals surface area contributed by atoms with Gasteiger partial charge in [-0.1, -0.05) is 213 Å². The molecule has 1 aliphatic rings. The Morgan fingerprint density at radius 3 is 1.76 bits per heavy atom. The van der Waals surface area contributed by atoms with Crippen molar-refractivity contribution in [3.8, 4) is 55.8 Å². The molecular weight excluding hydrogens is 917 g/mol. The van der Waals surface area contributed by atoms with E-state index in [-0.39, 0.29) is 0 Å². The molecule has 0 atom stereocenters. The second kappa shape index (κ2) is 22.9. The third-order valence-corrected chi connectivity index (χ3v) is 14.4. The molecule has 2 heteroatoms. The number of rotatable bonds is 8. The maximum Gasteiger partial charge on any atom is 0.0894 e. The van der Waals surface area contributed by atoms with Gasteiger partial charge in [0, 0.05) is 5.56 Å². The van der Waals surface area contributed by atoms with Crippen LogP contribution in [-0.2, 0) is 0 Å². The topological polar surface area (TPSA) is 25.8 Å². The zero-order valence-corrected chi connectivity index (χ0v) is 44.7. The molecule has 0 radical (unpaired) electrons. The first kappa shape index (κ1) is 51.7. The van der Waals surface area contributed by atoms with Crippen molar-refractivity contribution in [2.75, 3.05) is 0 Å². The van der Waals surface area contributed by atoms with Crippen LogP contribution >= 0.6 is 0 Å². The minimum Gasteiger partial charge on any atom is -0.252 e. The Morgan fingerprint density at radius 1 is 0.487 bits per heavy atom. The van der Waals surface area contributed by atoms with Gasteiger partial charge in [-0.05, 0) is 181 Å². The van der Waals surface area contributed by atoms with Crippen LogP contribution in [0.25, 0.3) is 115 Å². The molecule has 0 amide bonds. The summed E-state index contributed by atoms with van der Waals surface area (Å²) in [6.45, 7) is 30.2. The van der Waals surface area contributed by atoms with Gasteiger partial charge < -0.3 is 0 Å². The van der Waals surface area contributed by atoms with Crippen LogP contribution in [0.15, 0.2) is 263 Å². The van der Waals surface area contributed by atoms with Gasteiger partial charge in [0.2, 0.25) is 0 Å². The van der Waals surface area contributed by atoms with Gasteiger partial charge in [0.1, 0.15) is 0 Å². The fourth-order valence-electron chi connectivity index (χ4n) is 11.0. The van der Waals surface area contributed by atoms with Crippen molar-refractivity contribution in [2.24, 2.45) is 0 Å². The van der Waals surface area contributed by atoms with E-state index in [0.717, 1.165) is 39.0 Å². The lowest BCUT2D eigenvalue weighted by Gasteiger charge is -2.22. The monoisotopic (exact) mass is 981 g/mol. The fourth-order valence-corrected chi connectivity index (χ4v) is 11.0. The molecule has 1 aliphatic carbocycles. The van der Waals surface area contributed by atoms with E-state index < -0.39 is 0 Å². The Bertz CT molecular complexity index is 4110. The van der Waals surface area contributed by atoms with Crippen LogP contribution in [0.5, 0.6) is 0 Å². The number of nitrogens with zero attached hydrogens (tertiary/aromatic N) is 2. The molecule has 0 aliphatic heterocycles. The summed E-state index contributed by atoms with van der Waals surface area (Å²) in [6.07, 6.45) is 13.5. The average Bonchev–Trinajstić information content (AvgIpc) is 3.82. The number of benzene rings is 10. The summed E-state index contributed by atoms with van der Waals surface area (Å²) in [6, 6.07) is 63.6. The van der Waals surface area contributed by atoms with E-state index in [0.29, 0.717) is 0 Å². The number of aryl methyl sites for hydroxylation is 1. The average molecular weight is 981 g/mol. The molecule has 1 aromatic heterocycles. The van der Waals surface area contributed by atoms with E-state index in [2.05, 4.69) is 231 Å². The van der Waals surface area contributed by atoms with Crippen molar-refractivity contribution < 1.29 is 0 Å². The maximum absolute atomic E-state index is 5.07. The van der Waals surface area contributed by atoms with Crippen LogP contribution < -0.4 is 0 Å². The van der Waals surface area contributed by atoms with Gasteiger partial charge in [-0.15, -0.1) is 19.7 Å². The van der Waals surface area contributed by atoms with Gasteiger partial charge in [-0.2, -0.15) is 0 Å². The molecule has 0 spiro atoms. The molecule has 0 saturated heterocycles. The first-order valence-corrected chi connectivity index (χ1v) is 25.9. The van der Waals surface area contributed by atoms with Gasteiger partial charge in [-0.25, -0.2) is 4.98 Å². The highest BCUT2D eigenvalue weighted by Gasteiger charge is 2.25. The van der Waals surface area contributed by atoms with Gasteiger partial charge in [-0.3, -0.25) is 4.98 Å². The largest absolute Gasteiger partial charge is 0.252 e. The van der Waals surface area contributed by atoms with Gasteiger partial charge >= 0.3 is 0 Å². The van der Waals surface area contributed by atoms with E-state index in [4.69, 9.17) is 9.97 Å². The second-order valence-electron chi connectivity index (χ2n) is 19.2. The van der Waals surface area contributed by atoms with Crippen LogP contribution in [0.4, 0.5) is 0 Å². The van der Waals surface area contributed by atoms with Crippen LogP contribution in [0.3, 0.4) is 0 Å². The van der Waals surface area contributed by atoms with Crippen molar-refractivity contribution in [2.45, 2.75) is 41.5 Å². The van der Waals surface area contributed by atoms with Gasteiger partial charge in [0.25, 0.3) is 0 Å². The number of aromatic nitrogens is 2. The smallest absolute Gasteiger partial charge is 0.0894 e. The summed E-state index contributed by atoms with van der Waals surface area (Å²) in [4.78, 5) is 9.86. The van der Waals surface area contributed by atoms with Crippen molar-refractivity contribution in [3.05, 3.63) is 285 Å². The van der Waals surface area contributed by atoms with E-state index in [9.17, 15) is 0 Å². The highest BCUT2D eigenvalue weighted by molar-refractivity contribution is 6.21. The van der Waals surface area contributed by atoms with E-state index in [1.54, 1.807) is 6.08 Å². The zero-order valence-electron chi connectivity index (χ0n) is 44.7. The summed E-state index contributed by atoms with van der Waals surface area (Å²) >= 11 is 0. The number of hydrogen-bond acceptors (Lipinski definition) is 2. The lowest BCUT2D eigenvalue weighted by molar-refractivity contribution is 1.29. The minimum atomic E-state index is 0.857. The highest BCUT2D eigenvalue weighted by Crippen LogP contribution is 2.51. The molecule has 11 aromatic rings. The van der Waals surface area contributed by atoms with Crippen LogP contribution in [0.1, 0.15) is 43.0 Å². The molecule has 0 N–H and O–H groups in total. The number of allylic oxidation sites excluding steroid dienone is 9. The molecule has 1 heterocycles. The summed E-state index contributed by atoms with van der Waals surface area (Å²) in [7, 11) is 0. The number of para-hydroxylation sites is 2. The molecule has 76 heavy (non-hydrogen) atoms. The van der Waals surface area contributed by atoms with E-state index in [1.807, 2.05) is 55.6 Å². The molecule has 0 fully saturated rings.